The summed E-state index contributed by atoms with van der Waals surface area (Å²) in [7, 11) is 0. The second kappa shape index (κ2) is 4.32. The first-order chi connectivity index (χ1) is 4.86. The maximum atomic E-state index is 9.05. The number of aliphatic hydroxyl groups excluding tert-OH is 1. The first-order valence-corrected chi connectivity index (χ1v) is 4.62. The lowest BCUT2D eigenvalue weighted by molar-refractivity contribution is 0.158. The van der Waals surface area contributed by atoms with Crippen molar-refractivity contribution in [2.24, 2.45) is 5.41 Å². The smallest absolute Gasteiger partial charge is 0.0512 e. The summed E-state index contributed by atoms with van der Waals surface area (Å²) in [4.78, 5) is 0. The fourth-order valence-electron chi connectivity index (χ4n) is 0.780. The summed E-state index contributed by atoms with van der Waals surface area (Å²) in [5.41, 5.74) is 0.137. The topological polar surface area (TPSA) is 20.2 Å². The average Bonchev–Trinajstić information content (AvgIpc) is 1.84. The van der Waals surface area contributed by atoms with Gasteiger partial charge in [-0.3, -0.25) is 0 Å². The standard InChI is InChI=1S/C9H19ClO/c1-7(11)5-6-9(3,4)8(2)10/h7-8,11H,5-6H2,1-4H3. The van der Waals surface area contributed by atoms with Crippen LogP contribution < -0.4 is 0 Å². The summed E-state index contributed by atoms with van der Waals surface area (Å²) in [5, 5.41) is 9.22. The van der Waals surface area contributed by atoms with E-state index in [1.807, 2.05) is 13.8 Å². The highest BCUT2D eigenvalue weighted by molar-refractivity contribution is 6.20. The van der Waals surface area contributed by atoms with Crippen molar-refractivity contribution in [2.75, 3.05) is 0 Å². The monoisotopic (exact) mass is 178 g/mol. The molecule has 0 heterocycles. The molecular formula is C9H19ClO. The van der Waals surface area contributed by atoms with E-state index in [0.29, 0.717) is 0 Å². The van der Waals surface area contributed by atoms with Crippen molar-refractivity contribution in [3.8, 4) is 0 Å². The summed E-state index contributed by atoms with van der Waals surface area (Å²) in [6.07, 6.45) is 1.61. The highest BCUT2D eigenvalue weighted by Crippen LogP contribution is 2.30. The molecule has 2 heteroatoms. The number of hydrogen-bond donors (Lipinski definition) is 1. The third-order valence-corrected chi connectivity index (χ3v) is 2.87. The Hall–Kier alpha value is 0.250. The second-order valence-electron chi connectivity index (χ2n) is 3.99. The molecule has 0 fully saturated rings. The average molecular weight is 179 g/mol. The van der Waals surface area contributed by atoms with Crippen molar-refractivity contribution in [2.45, 2.75) is 52.0 Å². The van der Waals surface area contributed by atoms with Crippen molar-refractivity contribution in [3.05, 3.63) is 0 Å². The van der Waals surface area contributed by atoms with Crippen LogP contribution in [0.3, 0.4) is 0 Å². The molecule has 0 aliphatic heterocycles. The van der Waals surface area contributed by atoms with Crippen LogP contribution in [0, 0.1) is 5.41 Å². The lowest BCUT2D eigenvalue weighted by Gasteiger charge is -2.27. The molecule has 2 atom stereocenters. The zero-order valence-corrected chi connectivity index (χ0v) is 8.65. The van der Waals surface area contributed by atoms with Gasteiger partial charge in [0.25, 0.3) is 0 Å². The number of aliphatic hydroxyl groups is 1. The molecular weight excluding hydrogens is 160 g/mol. The van der Waals surface area contributed by atoms with Crippen molar-refractivity contribution < 1.29 is 5.11 Å². The Bertz CT molecular complexity index is 108. The van der Waals surface area contributed by atoms with Crippen LogP contribution in [0.1, 0.15) is 40.5 Å². The molecule has 0 aromatic carbocycles. The Morgan fingerprint density at radius 1 is 1.36 bits per heavy atom. The van der Waals surface area contributed by atoms with Gasteiger partial charge in [-0.2, -0.15) is 0 Å². The van der Waals surface area contributed by atoms with E-state index in [-0.39, 0.29) is 16.9 Å². The summed E-state index contributed by atoms with van der Waals surface area (Å²) < 4.78 is 0. The lowest BCUT2D eigenvalue weighted by atomic mass is 9.84. The van der Waals surface area contributed by atoms with E-state index < -0.39 is 0 Å². The van der Waals surface area contributed by atoms with Gasteiger partial charge in [-0.25, -0.2) is 0 Å². The highest BCUT2D eigenvalue weighted by Gasteiger charge is 2.23. The number of alkyl halides is 1. The summed E-state index contributed by atoms with van der Waals surface area (Å²) in [6.45, 7) is 8.08. The van der Waals surface area contributed by atoms with E-state index in [0.717, 1.165) is 12.8 Å². The Kier molecular flexibility index (Phi) is 4.42. The number of hydrogen-bond acceptors (Lipinski definition) is 1. The third-order valence-electron chi connectivity index (χ3n) is 2.28. The molecule has 1 N–H and O–H groups in total. The zero-order valence-electron chi connectivity index (χ0n) is 7.89. The minimum absolute atomic E-state index is 0.137. The quantitative estimate of drug-likeness (QED) is 0.657. The number of halogens is 1. The minimum Gasteiger partial charge on any atom is -0.393 e. The Labute approximate surface area is 74.8 Å². The van der Waals surface area contributed by atoms with Crippen LogP contribution in [0.4, 0.5) is 0 Å². The molecule has 0 aromatic heterocycles. The Morgan fingerprint density at radius 3 is 2.09 bits per heavy atom. The van der Waals surface area contributed by atoms with Crippen molar-refractivity contribution in [1.82, 2.24) is 0 Å². The molecule has 2 unspecified atom stereocenters. The maximum absolute atomic E-state index is 9.05. The molecule has 0 saturated carbocycles. The molecule has 1 nitrogen and oxygen atoms in total. The van der Waals surface area contributed by atoms with Crippen LogP contribution in [-0.2, 0) is 0 Å². The van der Waals surface area contributed by atoms with Gasteiger partial charge in [-0.1, -0.05) is 13.8 Å². The first-order valence-electron chi connectivity index (χ1n) is 4.18. The third kappa shape index (κ3) is 4.65. The zero-order chi connectivity index (χ0) is 9.07. The van der Waals surface area contributed by atoms with Gasteiger partial charge < -0.3 is 5.11 Å². The van der Waals surface area contributed by atoms with Crippen LogP contribution >= 0.6 is 11.6 Å². The van der Waals surface area contributed by atoms with Crippen molar-refractivity contribution in [3.63, 3.8) is 0 Å². The summed E-state index contributed by atoms with van der Waals surface area (Å²) >= 11 is 5.97. The van der Waals surface area contributed by atoms with Crippen molar-refractivity contribution >= 4 is 11.6 Å². The molecule has 11 heavy (non-hydrogen) atoms. The predicted molar refractivity (Wildman–Crippen MR) is 50.0 cm³/mol. The molecule has 68 valence electrons. The summed E-state index contributed by atoms with van der Waals surface area (Å²) in [5.74, 6) is 0. The highest BCUT2D eigenvalue weighted by atomic mass is 35.5. The molecule has 0 aliphatic carbocycles. The van der Waals surface area contributed by atoms with Gasteiger partial charge in [0.2, 0.25) is 0 Å². The Balaban J connectivity index is 3.73. The van der Waals surface area contributed by atoms with E-state index in [4.69, 9.17) is 16.7 Å². The normalized spacial score (nSPS) is 18.0. The van der Waals surface area contributed by atoms with Gasteiger partial charge in [0.05, 0.1) is 6.10 Å². The van der Waals surface area contributed by atoms with Gasteiger partial charge in [0, 0.05) is 5.38 Å². The van der Waals surface area contributed by atoms with Crippen LogP contribution in [-0.4, -0.2) is 16.6 Å². The minimum atomic E-state index is -0.204. The van der Waals surface area contributed by atoms with E-state index in [9.17, 15) is 0 Å². The van der Waals surface area contributed by atoms with E-state index in [2.05, 4.69) is 13.8 Å². The predicted octanol–water partition coefficient (Wildman–Crippen LogP) is 2.80. The Morgan fingerprint density at radius 2 is 1.82 bits per heavy atom. The molecule has 0 bridgehead atoms. The summed E-state index contributed by atoms with van der Waals surface area (Å²) in [6, 6.07) is 0. The molecule has 0 radical (unpaired) electrons. The molecule has 0 aliphatic rings. The van der Waals surface area contributed by atoms with Crippen molar-refractivity contribution in [1.29, 1.82) is 0 Å². The van der Waals surface area contributed by atoms with Crippen LogP contribution in [0.25, 0.3) is 0 Å². The van der Waals surface area contributed by atoms with Gasteiger partial charge in [0.1, 0.15) is 0 Å². The SMILES string of the molecule is CC(O)CCC(C)(C)C(C)Cl. The van der Waals surface area contributed by atoms with Gasteiger partial charge in [0.15, 0.2) is 0 Å². The van der Waals surface area contributed by atoms with E-state index in [1.54, 1.807) is 0 Å². The fraction of sp³-hybridized carbons (Fsp3) is 1.00. The first kappa shape index (κ1) is 11.2. The van der Waals surface area contributed by atoms with Gasteiger partial charge in [-0.05, 0) is 32.1 Å². The maximum Gasteiger partial charge on any atom is 0.0512 e. The van der Waals surface area contributed by atoms with Gasteiger partial charge in [-0.15, -0.1) is 11.6 Å². The molecule has 0 spiro atoms. The second-order valence-corrected chi connectivity index (χ2v) is 4.65. The largest absolute Gasteiger partial charge is 0.393 e. The molecule has 0 amide bonds. The number of rotatable bonds is 4. The van der Waals surface area contributed by atoms with Gasteiger partial charge >= 0.3 is 0 Å². The van der Waals surface area contributed by atoms with E-state index >= 15 is 0 Å². The lowest BCUT2D eigenvalue weighted by Crippen LogP contribution is -2.23. The fourth-order valence-corrected chi connectivity index (χ4v) is 0.889. The molecule has 0 saturated heterocycles. The van der Waals surface area contributed by atoms with Crippen LogP contribution in [0.2, 0.25) is 0 Å². The molecule has 0 aromatic rings. The molecule has 0 rings (SSSR count). The van der Waals surface area contributed by atoms with E-state index in [1.165, 1.54) is 0 Å². The van der Waals surface area contributed by atoms with Crippen LogP contribution in [0.5, 0.6) is 0 Å². The van der Waals surface area contributed by atoms with Crippen LogP contribution in [0.15, 0.2) is 0 Å².